The largest absolute Gasteiger partial charge is 0.467 e. The van der Waals surface area contributed by atoms with Gasteiger partial charge >= 0.3 is 0 Å². The molecule has 1 saturated carbocycles. The molecule has 9 nitrogen and oxygen atoms in total. The van der Waals surface area contributed by atoms with Gasteiger partial charge in [-0.25, -0.2) is 0 Å². The monoisotopic (exact) mass is 504 g/mol. The van der Waals surface area contributed by atoms with Crippen LogP contribution in [0.2, 0.25) is 0 Å². The van der Waals surface area contributed by atoms with E-state index in [1.54, 1.807) is 17.0 Å². The molecule has 0 saturated heterocycles. The molecule has 0 spiro atoms. The highest BCUT2D eigenvalue weighted by molar-refractivity contribution is 7.09. The van der Waals surface area contributed by atoms with Crippen molar-refractivity contribution >= 4 is 23.2 Å². The maximum Gasteiger partial charge on any atom is 0.250 e. The summed E-state index contributed by atoms with van der Waals surface area (Å²) >= 11 is 1.53. The zero-order valence-electron chi connectivity index (χ0n) is 20.0. The van der Waals surface area contributed by atoms with E-state index >= 15 is 0 Å². The van der Waals surface area contributed by atoms with Crippen LogP contribution in [0.25, 0.3) is 11.4 Å². The Bertz CT molecular complexity index is 1280. The lowest BCUT2D eigenvalue weighted by Gasteiger charge is -2.30. The number of nitrogens with zero attached hydrogens (tertiary/aromatic N) is 5. The fourth-order valence-corrected chi connectivity index (χ4v) is 5.16. The molecule has 4 aromatic rings. The molecule has 0 aliphatic heterocycles. The van der Waals surface area contributed by atoms with Crippen LogP contribution in [0.1, 0.15) is 47.9 Å². The minimum absolute atomic E-state index is 0.114. The number of hydrogen-bond donors (Lipinski definition) is 1. The summed E-state index contributed by atoms with van der Waals surface area (Å²) < 4.78 is 5.65. The molecule has 1 unspecified atom stereocenters. The molecule has 0 radical (unpaired) electrons. The van der Waals surface area contributed by atoms with Crippen LogP contribution in [-0.2, 0) is 22.7 Å². The number of hydrogen-bond acceptors (Lipinski definition) is 7. The first kappa shape index (κ1) is 23.9. The van der Waals surface area contributed by atoms with Crippen LogP contribution in [-0.4, -0.2) is 43.0 Å². The van der Waals surface area contributed by atoms with Crippen molar-refractivity contribution < 1.29 is 14.0 Å². The van der Waals surface area contributed by atoms with Crippen molar-refractivity contribution in [3.05, 3.63) is 76.4 Å². The molecule has 5 rings (SSSR count). The third-order valence-electron chi connectivity index (χ3n) is 6.34. The first-order chi connectivity index (χ1) is 17.6. The number of aryl methyl sites for hydroxylation is 1. The number of nitrogens with one attached hydrogen (secondary N) is 1. The van der Waals surface area contributed by atoms with Gasteiger partial charge in [-0.15, -0.1) is 21.5 Å². The van der Waals surface area contributed by atoms with E-state index < -0.39 is 6.04 Å². The van der Waals surface area contributed by atoms with E-state index in [4.69, 9.17) is 4.42 Å². The fourth-order valence-electron chi connectivity index (χ4n) is 4.46. The second kappa shape index (κ2) is 10.9. The topological polar surface area (TPSA) is 106 Å². The van der Waals surface area contributed by atoms with Gasteiger partial charge in [-0.2, -0.15) is 4.80 Å². The summed E-state index contributed by atoms with van der Waals surface area (Å²) in [5.74, 6) is 0.310. The van der Waals surface area contributed by atoms with Crippen molar-refractivity contribution in [2.24, 2.45) is 0 Å². The maximum atomic E-state index is 13.7. The predicted molar refractivity (Wildman–Crippen MR) is 135 cm³/mol. The smallest absolute Gasteiger partial charge is 0.250 e. The Balaban J connectivity index is 1.41. The predicted octanol–water partition coefficient (Wildman–Crippen LogP) is 4.13. The van der Waals surface area contributed by atoms with Gasteiger partial charge in [-0.3, -0.25) is 9.59 Å². The lowest BCUT2D eigenvalue weighted by atomic mass is 10.1. The van der Waals surface area contributed by atoms with Crippen molar-refractivity contribution in [3.8, 4) is 11.4 Å². The Hall–Kier alpha value is -3.79. The summed E-state index contributed by atoms with van der Waals surface area (Å²) in [6, 6.07) is 14.3. The van der Waals surface area contributed by atoms with E-state index in [-0.39, 0.29) is 30.9 Å². The van der Waals surface area contributed by atoms with E-state index in [1.807, 2.05) is 48.7 Å². The number of rotatable bonds is 9. The van der Waals surface area contributed by atoms with Gasteiger partial charge in [0.2, 0.25) is 11.7 Å². The molecule has 1 N–H and O–H groups in total. The standard InChI is InChI=1S/C26H28N6O3S/c1-18-10-12-19(13-11-18)25-28-30-32(29-25)17-23(33)31(16-21-8-5-15-36-21)24(22-9-4-14-35-22)26(34)27-20-6-2-3-7-20/h4-5,8-15,20,24H,2-3,6-7,16-17H2,1H3,(H,27,34). The van der Waals surface area contributed by atoms with Crippen LogP contribution in [0.3, 0.4) is 0 Å². The van der Waals surface area contributed by atoms with Gasteiger partial charge in [0.05, 0.1) is 12.8 Å². The third kappa shape index (κ3) is 5.54. The number of benzene rings is 1. The Morgan fingerprint density at radius 2 is 1.97 bits per heavy atom. The number of carbonyl (C=O) groups is 2. The lowest BCUT2D eigenvalue weighted by molar-refractivity contribution is -0.143. The van der Waals surface area contributed by atoms with Crippen LogP contribution < -0.4 is 5.32 Å². The van der Waals surface area contributed by atoms with Crippen LogP contribution in [0, 0.1) is 6.92 Å². The average molecular weight is 505 g/mol. The van der Waals surface area contributed by atoms with Gasteiger partial charge in [-0.1, -0.05) is 48.7 Å². The van der Waals surface area contributed by atoms with E-state index in [2.05, 4.69) is 20.7 Å². The minimum atomic E-state index is -0.907. The molecule has 1 atom stereocenters. The van der Waals surface area contributed by atoms with Crippen molar-refractivity contribution in [2.75, 3.05) is 0 Å². The SMILES string of the molecule is Cc1ccc(-c2nnn(CC(=O)N(Cc3cccs3)C(C(=O)NC3CCCC3)c3ccco3)n2)cc1. The molecule has 1 aliphatic rings. The van der Waals surface area contributed by atoms with Gasteiger partial charge in [0.25, 0.3) is 5.91 Å². The van der Waals surface area contributed by atoms with E-state index in [9.17, 15) is 9.59 Å². The second-order valence-corrected chi connectivity index (χ2v) is 10.1. The van der Waals surface area contributed by atoms with Crippen molar-refractivity contribution in [1.29, 1.82) is 0 Å². The molecular weight excluding hydrogens is 476 g/mol. The molecule has 3 heterocycles. The highest BCUT2D eigenvalue weighted by Crippen LogP contribution is 2.27. The lowest BCUT2D eigenvalue weighted by Crippen LogP contribution is -2.46. The maximum absolute atomic E-state index is 13.7. The molecule has 2 amide bonds. The normalized spacial score (nSPS) is 14.6. The Kier molecular flexibility index (Phi) is 7.22. The molecule has 1 aliphatic carbocycles. The van der Waals surface area contributed by atoms with Crippen LogP contribution in [0.5, 0.6) is 0 Å². The highest BCUT2D eigenvalue weighted by atomic mass is 32.1. The van der Waals surface area contributed by atoms with E-state index in [1.165, 1.54) is 22.4 Å². The second-order valence-electron chi connectivity index (χ2n) is 9.02. The number of tetrazole rings is 1. The number of carbonyl (C=O) groups excluding carboxylic acids is 2. The molecule has 1 aromatic carbocycles. The summed E-state index contributed by atoms with van der Waals surface area (Å²) in [6.07, 6.45) is 5.59. The highest BCUT2D eigenvalue weighted by Gasteiger charge is 2.35. The Morgan fingerprint density at radius 1 is 1.17 bits per heavy atom. The molecular formula is C26H28N6O3S. The number of furan rings is 1. The minimum Gasteiger partial charge on any atom is -0.467 e. The van der Waals surface area contributed by atoms with E-state index in [0.29, 0.717) is 11.6 Å². The van der Waals surface area contributed by atoms with Gasteiger partial charge in [-0.05, 0) is 48.6 Å². The van der Waals surface area contributed by atoms with Gasteiger partial charge in [0, 0.05) is 16.5 Å². The van der Waals surface area contributed by atoms with Gasteiger partial charge in [0.15, 0.2) is 6.04 Å². The van der Waals surface area contributed by atoms with Gasteiger partial charge < -0.3 is 14.6 Å². The van der Waals surface area contributed by atoms with Crippen molar-refractivity contribution in [3.63, 3.8) is 0 Å². The molecule has 1 fully saturated rings. The molecule has 3 aromatic heterocycles. The van der Waals surface area contributed by atoms with Gasteiger partial charge in [0.1, 0.15) is 12.3 Å². The quantitative estimate of drug-likeness (QED) is 0.367. The summed E-state index contributed by atoms with van der Waals surface area (Å²) in [6.45, 7) is 2.12. The summed E-state index contributed by atoms with van der Waals surface area (Å²) in [5.41, 5.74) is 1.95. The molecule has 0 bridgehead atoms. The summed E-state index contributed by atoms with van der Waals surface area (Å²) in [7, 11) is 0. The Labute approximate surface area is 213 Å². The summed E-state index contributed by atoms with van der Waals surface area (Å²) in [5, 5.41) is 17.7. The third-order valence-corrected chi connectivity index (χ3v) is 7.20. The average Bonchev–Trinajstić information content (AvgIpc) is 3.68. The zero-order valence-corrected chi connectivity index (χ0v) is 20.9. The summed E-state index contributed by atoms with van der Waals surface area (Å²) in [4.78, 5) is 31.0. The number of aromatic nitrogens is 4. The number of amides is 2. The van der Waals surface area contributed by atoms with E-state index in [0.717, 1.165) is 41.7 Å². The molecule has 36 heavy (non-hydrogen) atoms. The van der Waals surface area contributed by atoms with Crippen LogP contribution in [0.15, 0.2) is 64.6 Å². The van der Waals surface area contributed by atoms with Crippen LogP contribution in [0.4, 0.5) is 0 Å². The number of thiophene rings is 1. The van der Waals surface area contributed by atoms with Crippen molar-refractivity contribution in [1.82, 2.24) is 30.4 Å². The molecule has 10 heteroatoms. The van der Waals surface area contributed by atoms with Crippen molar-refractivity contribution in [2.45, 2.75) is 57.8 Å². The zero-order chi connectivity index (χ0) is 24.9. The van der Waals surface area contributed by atoms with Crippen LogP contribution >= 0.6 is 11.3 Å². The fraction of sp³-hybridized carbons (Fsp3) is 0.346. The first-order valence-corrected chi connectivity index (χ1v) is 13.0. The first-order valence-electron chi connectivity index (χ1n) is 12.1. The molecule has 186 valence electrons. The Morgan fingerprint density at radius 3 is 2.67 bits per heavy atom.